The van der Waals surface area contributed by atoms with Crippen molar-refractivity contribution in [1.29, 1.82) is 0 Å². The van der Waals surface area contributed by atoms with E-state index in [1.165, 1.54) is 13.3 Å². The van der Waals surface area contributed by atoms with Crippen LogP contribution in [0.4, 0.5) is 0 Å². The number of hydrogen-bond donors (Lipinski definition) is 0. The van der Waals surface area contributed by atoms with Gasteiger partial charge in [-0.05, 0) is 38.1 Å². The van der Waals surface area contributed by atoms with Crippen LogP contribution in [-0.4, -0.2) is 24.0 Å². The van der Waals surface area contributed by atoms with Gasteiger partial charge < -0.3 is 9.47 Å². The van der Waals surface area contributed by atoms with Crippen LogP contribution in [0.15, 0.2) is 36.7 Å². The highest BCUT2D eigenvalue weighted by molar-refractivity contribution is 6.31. The van der Waals surface area contributed by atoms with E-state index in [-0.39, 0.29) is 11.9 Å². The number of ketones is 1. The third-order valence-electron chi connectivity index (χ3n) is 2.76. The molecule has 0 fully saturated rings. The van der Waals surface area contributed by atoms with E-state index in [4.69, 9.17) is 21.1 Å². The molecule has 21 heavy (non-hydrogen) atoms. The highest BCUT2D eigenvalue weighted by atomic mass is 35.5. The average molecular weight is 306 g/mol. The molecule has 2 rings (SSSR count). The summed E-state index contributed by atoms with van der Waals surface area (Å²) >= 11 is 5.91. The zero-order valence-electron chi connectivity index (χ0n) is 12.1. The minimum Gasteiger partial charge on any atom is -0.496 e. The molecule has 5 heteroatoms. The van der Waals surface area contributed by atoms with E-state index in [0.29, 0.717) is 27.6 Å². The van der Waals surface area contributed by atoms with E-state index in [2.05, 4.69) is 4.98 Å². The first-order valence-electron chi connectivity index (χ1n) is 6.51. The van der Waals surface area contributed by atoms with Crippen molar-refractivity contribution in [2.24, 2.45) is 0 Å². The van der Waals surface area contributed by atoms with Crippen molar-refractivity contribution in [3.8, 4) is 11.5 Å². The first kappa shape index (κ1) is 15.3. The lowest BCUT2D eigenvalue weighted by Crippen LogP contribution is -2.08. The van der Waals surface area contributed by atoms with E-state index in [1.54, 1.807) is 30.5 Å². The molecule has 0 bridgehead atoms. The van der Waals surface area contributed by atoms with E-state index < -0.39 is 0 Å². The van der Waals surface area contributed by atoms with Gasteiger partial charge >= 0.3 is 0 Å². The minimum atomic E-state index is -0.190. The minimum absolute atomic E-state index is 0.0159. The molecule has 0 aliphatic carbocycles. The molecule has 1 aromatic carbocycles. The van der Waals surface area contributed by atoms with Crippen LogP contribution in [0.25, 0.3) is 0 Å². The molecular formula is C16H16ClNO3. The predicted molar refractivity (Wildman–Crippen MR) is 81.4 cm³/mol. The van der Waals surface area contributed by atoms with Crippen molar-refractivity contribution in [2.75, 3.05) is 7.11 Å². The number of nitrogens with zero attached hydrogens (tertiary/aromatic N) is 1. The summed E-state index contributed by atoms with van der Waals surface area (Å²) < 4.78 is 10.8. The molecule has 1 aromatic heterocycles. The highest BCUT2D eigenvalue weighted by Gasteiger charge is 2.16. The van der Waals surface area contributed by atoms with Gasteiger partial charge in [0.1, 0.15) is 11.5 Å². The molecular weight excluding hydrogens is 290 g/mol. The second-order valence-corrected chi connectivity index (χ2v) is 5.19. The van der Waals surface area contributed by atoms with Gasteiger partial charge in [0.05, 0.1) is 25.0 Å². The third kappa shape index (κ3) is 3.73. The van der Waals surface area contributed by atoms with Gasteiger partial charge in [0, 0.05) is 16.8 Å². The Bertz CT molecular complexity index is 656. The summed E-state index contributed by atoms with van der Waals surface area (Å²) in [5.41, 5.74) is 0.874. The molecule has 0 aliphatic heterocycles. The predicted octanol–water partition coefficient (Wildman–Crippen LogP) is 3.76. The normalized spacial score (nSPS) is 10.5. The van der Waals surface area contributed by atoms with E-state index in [1.807, 2.05) is 13.8 Å². The smallest absolute Gasteiger partial charge is 0.198 e. The second-order valence-electron chi connectivity index (χ2n) is 4.75. The molecule has 0 saturated heterocycles. The Kier molecular flexibility index (Phi) is 4.81. The number of ether oxygens (including phenoxy) is 2. The van der Waals surface area contributed by atoms with E-state index >= 15 is 0 Å². The lowest BCUT2D eigenvalue weighted by Gasteiger charge is -2.11. The highest BCUT2D eigenvalue weighted by Crippen LogP contribution is 2.26. The van der Waals surface area contributed by atoms with E-state index in [0.717, 1.165) is 0 Å². The summed E-state index contributed by atoms with van der Waals surface area (Å²) in [6.07, 6.45) is 3.10. The average Bonchev–Trinajstić information content (AvgIpc) is 2.46. The van der Waals surface area contributed by atoms with Gasteiger partial charge in [-0.2, -0.15) is 0 Å². The topological polar surface area (TPSA) is 48.4 Å². The molecule has 1 heterocycles. The molecule has 0 atom stereocenters. The number of rotatable bonds is 5. The number of aromatic nitrogens is 1. The number of halogens is 1. The van der Waals surface area contributed by atoms with Crippen LogP contribution in [0.2, 0.25) is 5.02 Å². The fourth-order valence-corrected chi connectivity index (χ4v) is 2.05. The lowest BCUT2D eigenvalue weighted by atomic mass is 10.0. The maximum absolute atomic E-state index is 12.6. The molecule has 0 N–H and O–H groups in total. The SMILES string of the molecule is COc1cc(Cl)ccc1C(=O)c1cncc(OC(C)C)c1. The van der Waals surface area contributed by atoms with Crippen molar-refractivity contribution in [3.63, 3.8) is 0 Å². The Balaban J connectivity index is 2.36. The molecule has 110 valence electrons. The zero-order chi connectivity index (χ0) is 15.4. The third-order valence-corrected chi connectivity index (χ3v) is 2.99. The number of carbonyl (C=O) groups is 1. The Morgan fingerprint density at radius 2 is 2.00 bits per heavy atom. The number of carbonyl (C=O) groups excluding carboxylic acids is 1. The summed E-state index contributed by atoms with van der Waals surface area (Å²) in [5.74, 6) is 0.802. The first-order chi connectivity index (χ1) is 10.0. The summed E-state index contributed by atoms with van der Waals surface area (Å²) in [7, 11) is 1.50. The Morgan fingerprint density at radius 3 is 2.67 bits per heavy atom. The van der Waals surface area contributed by atoms with Gasteiger partial charge in [-0.25, -0.2) is 0 Å². The molecule has 4 nitrogen and oxygen atoms in total. The van der Waals surface area contributed by atoms with Crippen LogP contribution in [0.3, 0.4) is 0 Å². The van der Waals surface area contributed by atoms with Crippen molar-refractivity contribution < 1.29 is 14.3 Å². The number of hydrogen-bond acceptors (Lipinski definition) is 4. The van der Waals surface area contributed by atoms with Gasteiger partial charge in [-0.1, -0.05) is 11.6 Å². The summed E-state index contributed by atoms with van der Waals surface area (Å²) in [5, 5.41) is 0.512. The molecule has 2 aromatic rings. The molecule has 0 radical (unpaired) electrons. The van der Waals surface area contributed by atoms with Gasteiger partial charge in [0.2, 0.25) is 0 Å². The summed E-state index contributed by atoms with van der Waals surface area (Å²) in [6.45, 7) is 3.83. The molecule has 0 aliphatic rings. The first-order valence-corrected chi connectivity index (χ1v) is 6.89. The zero-order valence-corrected chi connectivity index (χ0v) is 12.8. The largest absolute Gasteiger partial charge is 0.496 e. The molecule has 0 saturated carbocycles. The summed E-state index contributed by atoms with van der Waals surface area (Å²) in [4.78, 5) is 16.6. The van der Waals surface area contributed by atoms with Crippen LogP contribution in [0, 0.1) is 0 Å². The number of benzene rings is 1. The lowest BCUT2D eigenvalue weighted by molar-refractivity contribution is 0.103. The van der Waals surface area contributed by atoms with Crippen molar-refractivity contribution in [3.05, 3.63) is 52.8 Å². The van der Waals surface area contributed by atoms with Gasteiger partial charge in [-0.3, -0.25) is 9.78 Å². The van der Waals surface area contributed by atoms with Crippen molar-refractivity contribution >= 4 is 17.4 Å². The van der Waals surface area contributed by atoms with Crippen molar-refractivity contribution in [2.45, 2.75) is 20.0 Å². The van der Waals surface area contributed by atoms with Gasteiger partial charge in [-0.15, -0.1) is 0 Å². The Morgan fingerprint density at radius 1 is 1.24 bits per heavy atom. The standard InChI is InChI=1S/C16H16ClNO3/c1-10(2)21-13-6-11(8-18-9-13)16(19)14-5-4-12(17)7-15(14)20-3/h4-10H,1-3H3. The van der Waals surface area contributed by atoms with Crippen LogP contribution >= 0.6 is 11.6 Å². The number of pyridine rings is 1. The second kappa shape index (κ2) is 6.59. The maximum atomic E-state index is 12.6. The van der Waals surface area contributed by atoms with Crippen molar-refractivity contribution in [1.82, 2.24) is 4.98 Å². The number of methoxy groups -OCH3 is 1. The fourth-order valence-electron chi connectivity index (χ4n) is 1.89. The fraction of sp³-hybridized carbons (Fsp3) is 0.250. The van der Waals surface area contributed by atoms with E-state index in [9.17, 15) is 4.79 Å². The van der Waals surface area contributed by atoms with Crippen LogP contribution in [-0.2, 0) is 0 Å². The van der Waals surface area contributed by atoms with Crippen LogP contribution in [0.1, 0.15) is 29.8 Å². The quantitative estimate of drug-likeness (QED) is 0.789. The monoisotopic (exact) mass is 305 g/mol. The molecule has 0 amide bonds. The van der Waals surface area contributed by atoms with Crippen LogP contribution < -0.4 is 9.47 Å². The van der Waals surface area contributed by atoms with Gasteiger partial charge in [0.25, 0.3) is 0 Å². The molecule has 0 unspecified atom stereocenters. The Labute approximate surface area is 128 Å². The maximum Gasteiger partial charge on any atom is 0.198 e. The van der Waals surface area contributed by atoms with Gasteiger partial charge in [0.15, 0.2) is 5.78 Å². The Hall–Kier alpha value is -2.07. The summed E-state index contributed by atoms with van der Waals surface area (Å²) in [6, 6.07) is 6.57. The molecule has 0 spiro atoms. The van der Waals surface area contributed by atoms with Crippen LogP contribution in [0.5, 0.6) is 11.5 Å².